The molecule has 4 aromatic carbocycles. The van der Waals surface area contributed by atoms with Gasteiger partial charge in [-0.2, -0.15) is 0 Å². The Morgan fingerprint density at radius 3 is 2.09 bits per heavy atom. The summed E-state index contributed by atoms with van der Waals surface area (Å²) >= 11 is 0. The Kier molecular flexibility index (Phi) is 6.65. The van der Waals surface area contributed by atoms with Crippen LogP contribution in [0.25, 0.3) is 11.1 Å². The molecule has 0 radical (unpaired) electrons. The average Bonchev–Trinajstić information content (AvgIpc) is 2.85. The van der Waals surface area contributed by atoms with Crippen molar-refractivity contribution < 1.29 is 17.9 Å². The van der Waals surface area contributed by atoms with E-state index in [1.165, 1.54) is 19.2 Å². The van der Waals surface area contributed by atoms with Crippen LogP contribution in [0, 0.1) is 6.92 Å². The maximum absolute atomic E-state index is 12.8. The van der Waals surface area contributed by atoms with Gasteiger partial charge in [0.1, 0.15) is 5.75 Å². The van der Waals surface area contributed by atoms with Crippen molar-refractivity contribution in [2.75, 3.05) is 17.1 Å². The number of hydrogen-bond donors (Lipinski definition) is 2. The fraction of sp³-hybridized carbons (Fsp3) is 0.0741. The van der Waals surface area contributed by atoms with Crippen LogP contribution in [0.1, 0.15) is 15.9 Å². The number of rotatable bonds is 7. The lowest BCUT2D eigenvalue weighted by Crippen LogP contribution is -2.14. The normalized spacial score (nSPS) is 11.0. The molecule has 34 heavy (non-hydrogen) atoms. The summed E-state index contributed by atoms with van der Waals surface area (Å²) in [5.74, 6) is 0.147. The van der Waals surface area contributed by atoms with Crippen molar-refractivity contribution in [2.45, 2.75) is 11.8 Å². The zero-order valence-electron chi connectivity index (χ0n) is 18.8. The molecule has 0 saturated carbocycles. The summed E-state index contributed by atoms with van der Waals surface area (Å²) in [4.78, 5) is 12.7. The second-order valence-corrected chi connectivity index (χ2v) is 9.41. The quantitative estimate of drug-likeness (QED) is 0.360. The number of aryl methyl sites for hydroxylation is 1. The molecule has 0 aliphatic carbocycles. The summed E-state index contributed by atoms with van der Waals surface area (Å²) in [7, 11) is -2.35. The van der Waals surface area contributed by atoms with Gasteiger partial charge in [-0.3, -0.25) is 9.52 Å². The third kappa shape index (κ3) is 5.27. The molecule has 1 amide bonds. The number of sulfonamides is 1. The number of amides is 1. The molecule has 6 nitrogen and oxygen atoms in total. The van der Waals surface area contributed by atoms with Crippen molar-refractivity contribution in [3.63, 3.8) is 0 Å². The van der Waals surface area contributed by atoms with E-state index in [1.54, 1.807) is 36.4 Å². The number of ether oxygens (including phenoxy) is 1. The van der Waals surface area contributed by atoms with Crippen LogP contribution in [0.3, 0.4) is 0 Å². The van der Waals surface area contributed by atoms with E-state index < -0.39 is 10.0 Å². The predicted molar refractivity (Wildman–Crippen MR) is 135 cm³/mol. The van der Waals surface area contributed by atoms with Crippen LogP contribution in [0.5, 0.6) is 5.75 Å². The molecular weight excluding hydrogens is 448 g/mol. The second-order valence-electron chi connectivity index (χ2n) is 7.73. The summed E-state index contributed by atoms with van der Waals surface area (Å²) in [5.41, 5.74) is 4.34. The molecule has 0 aliphatic rings. The molecule has 2 N–H and O–H groups in total. The first kappa shape index (κ1) is 23.1. The molecule has 0 saturated heterocycles. The summed E-state index contributed by atoms with van der Waals surface area (Å²) in [5, 5.41) is 2.80. The predicted octanol–water partition coefficient (Wildman–Crippen LogP) is 5.72. The maximum Gasteiger partial charge on any atom is 0.262 e. The van der Waals surface area contributed by atoms with Crippen LogP contribution in [0.4, 0.5) is 11.4 Å². The summed E-state index contributed by atoms with van der Waals surface area (Å²) in [6, 6.07) is 28.4. The minimum Gasteiger partial charge on any atom is -0.495 e. The van der Waals surface area contributed by atoms with Crippen LogP contribution in [0.15, 0.2) is 102 Å². The van der Waals surface area contributed by atoms with Gasteiger partial charge in [-0.05, 0) is 72.1 Å². The first-order valence-electron chi connectivity index (χ1n) is 10.6. The van der Waals surface area contributed by atoms with Gasteiger partial charge < -0.3 is 10.1 Å². The van der Waals surface area contributed by atoms with E-state index >= 15 is 0 Å². The Labute approximate surface area is 199 Å². The number of benzene rings is 4. The van der Waals surface area contributed by atoms with Crippen molar-refractivity contribution in [3.8, 4) is 16.9 Å². The number of methoxy groups -OCH3 is 1. The van der Waals surface area contributed by atoms with E-state index in [2.05, 4.69) is 10.0 Å². The van der Waals surface area contributed by atoms with Gasteiger partial charge in [0.15, 0.2) is 0 Å². The highest BCUT2D eigenvalue weighted by Gasteiger charge is 2.17. The highest BCUT2D eigenvalue weighted by atomic mass is 32.2. The topological polar surface area (TPSA) is 84.5 Å². The van der Waals surface area contributed by atoms with E-state index in [-0.39, 0.29) is 10.8 Å². The van der Waals surface area contributed by atoms with E-state index in [0.29, 0.717) is 22.7 Å². The van der Waals surface area contributed by atoms with Crippen molar-refractivity contribution in [1.29, 1.82) is 0 Å². The molecule has 0 heterocycles. The Morgan fingerprint density at radius 1 is 0.794 bits per heavy atom. The van der Waals surface area contributed by atoms with Gasteiger partial charge in [-0.15, -0.1) is 0 Å². The molecule has 4 aromatic rings. The molecular formula is C27H24N2O4S. The minimum atomic E-state index is -3.83. The first-order chi connectivity index (χ1) is 16.4. The molecule has 4 rings (SSSR count). The monoisotopic (exact) mass is 472 g/mol. The van der Waals surface area contributed by atoms with Crippen molar-refractivity contribution in [3.05, 3.63) is 108 Å². The van der Waals surface area contributed by atoms with Gasteiger partial charge in [0.2, 0.25) is 0 Å². The number of hydrogen-bond acceptors (Lipinski definition) is 4. The standard InChI is InChI=1S/C27H24N2O4S/c1-19-8-17-26(33-2)25(18-19)29-34(31,32)24-15-13-23(14-16-24)28-27(30)22-11-9-21(10-12-22)20-6-4-3-5-7-20/h3-18,29H,1-2H3,(H,28,30). The lowest BCUT2D eigenvalue weighted by Gasteiger charge is -2.13. The lowest BCUT2D eigenvalue weighted by molar-refractivity contribution is 0.102. The van der Waals surface area contributed by atoms with E-state index in [9.17, 15) is 13.2 Å². The zero-order chi connectivity index (χ0) is 24.1. The maximum atomic E-state index is 12.8. The number of carbonyl (C=O) groups is 1. The summed E-state index contributed by atoms with van der Waals surface area (Å²) < 4.78 is 33.5. The Hall–Kier alpha value is -4.10. The minimum absolute atomic E-state index is 0.0706. The highest BCUT2D eigenvalue weighted by molar-refractivity contribution is 7.92. The first-order valence-corrected chi connectivity index (χ1v) is 12.1. The Balaban J connectivity index is 1.45. The van der Waals surface area contributed by atoms with Crippen molar-refractivity contribution in [2.24, 2.45) is 0 Å². The van der Waals surface area contributed by atoms with Crippen LogP contribution in [-0.4, -0.2) is 21.4 Å². The molecule has 0 bridgehead atoms. The third-order valence-corrected chi connectivity index (χ3v) is 6.66. The lowest BCUT2D eigenvalue weighted by atomic mass is 10.0. The Bertz CT molecular complexity index is 1400. The number of nitrogens with one attached hydrogen (secondary N) is 2. The van der Waals surface area contributed by atoms with Crippen molar-refractivity contribution in [1.82, 2.24) is 0 Å². The van der Waals surface area contributed by atoms with Gasteiger partial charge in [-0.1, -0.05) is 48.5 Å². The SMILES string of the molecule is COc1ccc(C)cc1NS(=O)(=O)c1ccc(NC(=O)c2ccc(-c3ccccc3)cc2)cc1. The highest BCUT2D eigenvalue weighted by Crippen LogP contribution is 2.28. The molecule has 172 valence electrons. The molecule has 0 aromatic heterocycles. The second kappa shape index (κ2) is 9.80. The average molecular weight is 473 g/mol. The van der Waals surface area contributed by atoms with Gasteiger partial charge in [-0.25, -0.2) is 8.42 Å². The van der Waals surface area contributed by atoms with Gasteiger partial charge in [0, 0.05) is 11.3 Å². The van der Waals surface area contributed by atoms with Crippen LogP contribution in [-0.2, 0) is 10.0 Å². The fourth-order valence-corrected chi connectivity index (χ4v) is 4.53. The van der Waals surface area contributed by atoms with Crippen LogP contribution >= 0.6 is 0 Å². The van der Waals surface area contributed by atoms with Gasteiger partial charge >= 0.3 is 0 Å². The molecule has 0 fully saturated rings. The largest absolute Gasteiger partial charge is 0.495 e. The summed E-state index contributed by atoms with van der Waals surface area (Å²) in [6.07, 6.45) is 0. The number of carbonyl (C=O) groups excluding carboxylic acids is 1. The summed E-state index contributed by atoms with van der Waals surface area (Å²) in [6.45, 7) is 1.87. The van der Waals surface area contributed by atoms with Crippen molar-refractivity contribution >= 4 is 27.3 Å². The zero-order valence-corrected chi connectivity index (χ0v) is 19.6. The molecule has 0 unspecified atom stereocenters. The van der Waals surface area contributed by atoms with E-state index in [0.717, 1.165) is 16.7 Å². The Morgan fingerprint density at radius 2 is 1.44 bits per heavy atom. The van der Waals surface area contributed by atoms with Crippen LogP contribution < -0.4 is 14.8 Å². The van der Waals surface area contributed by atoms with E-state index in [4.69, 9.17) is 4.74 Å². The molecule has 7 heteroatoms. The smallest absolute Gasteiger partial charge is 0.262 e. The fourth-order valence-electron chi connectivity index (χ4n) is 3.47. The molecule has 0 aliphatic heterocycles. The third-order valence-electron chi connectivity index (χ3n) is 5.28. The molecule has 0 atom stereocenters. The van der Waals surface area contributed by atoms with Crippen LogP contribution in [0.2, 0.25) is 0 Å². The van der Waals surface area contributed by atoms with Gasteiger partial charge in [0.25, 0.3) is 15.9 Å². The molecule has 0 spiro atoms. The van der Waals surface area contributed by atoms with Gasteiger partial charge in [0.05, 0.1) is 17.7 Å². The number of anilines is 2. The van der Waals surface area contributed by atoms with E-state index in [1.807, 2.05) is 55.5 Å².